The molecule has 2 rings (SSSR count). The number of H-pyrrole nitrogens is 1. The number of nitrogens with one attached hydrogen (secondary N) is 2. The molecule has 1 heterocycles. The van der Waals surface area contributed by atoms with Crippen molar-refractivity contribution in [1.29, 1.82) is 0 Å². The average Bonchev–Trinajstić information content (AvgIpc) is 2.89. The first kappa shape index (κ1) is 15.1. The Morgan fingerprint density at radius 3 is 2.60 bits per heavy atom. The zero-order chi connectivity index (χ0) is 14.8. The maximum Gasteiger partial charge on any atom is 0.267 e. The Bertz CT molecular complexity index is 438. The second-order valence-electron chi connectivity index (χ2n) is 7.13. The van der Waals surface area contributed by atoms with E-state index in [-0.39, 0.29) is 5.91 Å². The lowest BCUT2D eigenvalue weighted by Gasteiger charge is -2.41. The predicted molar refractivity (Wildman–Crippen MR) is 79.5 cm³/mol. The summed E-state index contributed by atoms with van der Waals surface area (Å²) in [6.07, 6.45) is 5.30. The van der Waals surface area contributed by atoms with Crippen LogP contribution >= 0.6 is 0 Å². The van der Waals surface area contributed by atoms with Crippen LogP contribution in [0.15, 0.2) is 18.3 Å². The number of carbonyl (C=O) groups excluding carboxylic acids is 1. The van der Waals surface area contributed by atoms with E-state index in [1.54, 1.807) is 18.3 Å². The molecular formula is C16H26N2O2. The Labute approximate surface area is 121 Å². The van der Waals surface area contributed by atoms with Crippen molar-refractivity contribution in [2.24, 2.45) is 11.3 Å². The van der Waals surface area contributed by atoms with Crippen molar-refractivity contribution in [3.8, 4) is 0 Å². The topological polar surface area (TPSA) is 65.1 Å². The zero-order valence-electron chi connectivity index (χ0n) is 12.7. The van der Waals surface area contributed by atoms with Crippen molar-refractivity contribution < 1.29 is 9.90 Å². The van der Waals surface area contributed by atoms with E-state index in [1.165, 1.54) is 0 Å². The standard InChI is InChI=1S/C16H26N2O2/c1-15(2,3)12-6-8-16(20,9-7-12)11-18-14(19)13-5-4-10-17-13/h4-5,10,12,17,20H,6-9,11H2,1-3H3,(H,18,19). The fraction of sp³-hybridized carbons (Fsp3) is 0.688. The molecule has 0 bridgehead atoms. The number of aromatic nitrogens is 1. The molecule has 1 aromatic rings. The van der Waals surface area contributed by atoms with Crippen molar-refractivity contribution in [2.75, 3.05) is 6.54 Å². The average molecular weight is 278 g/mol. The minimum absolute atomic E-state index is 0.152. The summed E-state index contributed by atoms with van der Waals surface area (Å²) in [6.45, 7) is 7.11. The Morgan fingerprint density at radius 2 is 2.10 bits per heavy atom. The minimum Gasteiger partial charge on any atom is -0.388 e. The summed E-state index contributed by atoms with van der Waals surface area (Å²) in [7, 11) is 0. The molecule has 3 N–H and O–H groups in total. The Hall–Kier alpha value is -1.29. The quantitative estimate of drug-likeness (QED) is 0.796. The molecular weight excluding hydrogens is 252 g/mol. The van der Waals surface area contributed by atoms with Gasteiger partial charge in [-0.15, -0.1) is 0 Å². The highest BCUT2D eigenvalue weighted by Gasteiger charge is 2.37. The van der Waals surface area contributed by atoms with Crippen LogP contribution in [-0.4, -0.2) is 28.1 Å². The normalized spacial score (nSPS) is 27.3. The Balaban J connectivity index is 1.83. The van der Waals surface area contributed by atoms with Crippen LogP contribution in [0.2, 0.25) is 0 Å². The second-order valence-corrected chi connectivity index (χ2v) is 7.13. The summed E-state index contributed by atoms with van der Waals surface area (Å²) in [5.41, 5.74) is 0.0933. The SMILES string of the molecule is CC(C)(C)C1CCC(O)(CNC(=O)c2ccc[nH]2)CC1. The number of carbonyl (C=O) groups is 1. The van der Waals surface area contributed by atoms with Crippen molar-refractivity contribution in [3.63, 3.8) is 0 Å². The van der Waals surface area contributed by atoms with E-state index < -0.39 is 5.60 Å². The molecule has 1 saturated carbocycles. The number of amides is 1. The molecule has 1 aliphatic rings. The van der Waals surface area contributed by atoms with E-state index in [0.717, 1.165) is 25.7 Å². The highest BCUT2D eigenvalue weighted by Crippen LogP contribution is 2.41. The maximum absolute atomic E-state index is 11.9. The smallest absolute Gasteiger partial charge is 0.267 e. The zero-order valence-corrected chi connectivity index (χ0v) is 12.7. The van der Waals surface area contributed by atoms with Crippen molar-refractivity contribution in [3.05, 3.63) is 24.0 Å². The van der Waals surface area contributed by atoms with Gasteiger partial charge in [0.15, 0.2) is 0 Å². The van der Waals surface area contributed by atoms with E-state index >= 15 is 0 Å². The molecule has 1 aliphatic carbocycles. The van der Waals surface area contributed by atoms with Crippen molar-refractivity contribution in [1.82, 2.24) is 10.3 Å². The molecule has 1 amide bonds. The van der Waals surface area contributed by atoms with Crippen LogP contribution in [-0.2, 0) is 0 Å². The molecule has 0 radical (unpaired) electrons. The van der Waals surface area contributed by atoms with Gasteiger partial charge in [-0.25, -0.2) is 0 Å². The third kappa shape index (κ3) is 3.63. The first-order valence-electron chi connectivity index (χ1n) is 7.44. The molecule has 0 aromatic carbocycles. The first-order valence-corrected chi connectivity index (χ1v) is 7.44. The Morgan fingerprint density at radius 1 is 1.45 bits per heavy atom. The van der Waals surface area contributed by atoms with Gasteiger partial charge in [0, 0.05) is 12.7 Å². The second kappa shape index (κ2) is 5.60. The molecule has 0 spiro atoms. The van der Waals surface area contributed by atoms with E-state index in [1.807, 2.05) is 0 Å². The number of hydrogen-bond acceptors (Lipinski definition) is 2. The summed E-state index contributed by atoms with van der Waals surface area (Å²) in [5.74, 6) is 0.503. The van der Waals surface area contributed by atoms with Gasteiger partial charge in [0.25, 0.3) is 5.91 Å². The monoisotopic (exact) mass is 278 g/mol. The van der Waals surface area contributed by atoms with Gasteiger partial charge in [-0.3, -0.25) is 4.79 Å². The van der Waals surface area contributed by atoms with Crippen LogP contribution in [0.4, 0.5) is 0 Å². The van der Waals surface area contributed by atoms with Gasteiger partial charge < -0.3 is 15.4 Å². The van der Waals surface area contributed by atoms with E-state index in [9.17, 15) is 9.90 Å². The summed E-state index contributed by atoms with van der Waals surface area (Å²) in [6, 6.07) is 3.52. The minimum atomic E-state index is -0.746. The molecule has 112 valence electrons. The van der Waals surface area contributed by atoms with Gasteiger partial charge in [0.05, 0.1) is 5.60 Å². The third-order valence-corrected chi connectivity index (χ3v) is 4.56. The molecule has 4 heteroatoms. The van der Waals surface area contributed by atoms with Crippen molar-refractivity contribution >= 4 is 5.91 Å². The highest BCUT2D eigenvalue weighted by atomic mass is 16.3. The van der Waals surface area contributed by atoms with E-state index in [2.05, 4.69) is 31.1 Å². The van der Waals surface area contributed by atoms with Gasteiger partial charge in [0.2, 0.25) is 0 Å². The lowest BCUT2D eigenvalue weighted by Crippen LogP contribution is -2.46. The van der Waals surface area contributed by atoms with Gasteiger partial charge in [-0.05, 0) is 49.1 Å². The van der Waals surface area contributed by atoms with Crippen molar-refractivity contribution in [2.45, 2.75) is 52.1 Å². The largest absolute Gasteiger partial charge is 0.388 e. The molecule has 0 aliphatic heterocycles. The van der Waals surface area contributed by atoms with Crippen LogP contribution < -0.4 is 5.32 Å². The molecule has 4 nitrogen and oxygen atoms in total. The number of aliphatic hydroxyl groups is 1. The first-order chi connectivity index (χ1) is 9.30. The summed E-state index contributed by atoms with van der Waals surface area (Å²) >= 11 is 0. The highest BCUT2D eigenvalue weighted by molar-refractivity contribution is 5.92. The number of hydrogen-bond donors (Lipinski definition) is 3. The van der Waals surface area contributed by atoms with Crippen LogP contribution in [0.3, 0.4) is 0 Å². The van der Waals surface area contributed by atoms with Gasteiger partial charge >= 0.3 is 0 Å². The molecule has 1 fully saturated rings. The number of aromatic amines is 1. The summed E-state index contributed by atoms with van der Waals surface area (Å²) in [5, 5.41) is 13.4. The van der Waals surface area contributed by atoms with Crippen LogP contribution in [0.25, 0.3) is 0 Å². The van der Waals surface area contributed by atoms with Crippen LogP contribution in [0.1, 0.15) is 56.9 Å². The number of rotatable bonds is 3. The molecule has 20 heavy (non-hydrogen) atoms. The molecule has 0 unspecified atom stereocenters. The van der Waals surface area contributed by atoms with Gasteiger partial charge in [0.1, 0.15) is 5.69 Å². The van der Waals surface area contributed by atoms with Crippen LogP contribution in [0.5, 0.6) is 0 Å². The summed E-state index contributed by atoms with van der Waals surface area (Å²) in [4.78, 5) is 14.7. The molecule has 1 aromatic heterocycles. The van der Waals surface area contributed by atoms with Gasteiger partial charge in [-0.1, -0.05) is 20.8 Å². The predicted octanol–water partition coefficient (Wildman–Crippen LogP) is 2.71. The van der Waals surface area contributed by atoms with E-state index in [4.69, 9.17) is 0 Å². The van der Waals surface area contributed by atoms with Crippen LogP contribution in [0, 0.1) is 11.3 Å². The molecule has 0 saturated heterocycles. The van der Waals surface area contributed by atoms with E-state index in [0.29, 0.717) is 23.6 Å². The maximum atomic E-state index is 11.9. The lowest BCUT2D eigenvalue weighted by atomic mass is 9.68. The Kier molecular flexibility index (Phi) is 4.23. The fourth-order valence-electron chi connectivity index (χ4n) is 3.01. The fourth-order valence-corrected chi connectivity index (χ4v) is 3.01. The molecule has 0 atom stereocenters. The van der Waals surface area contributed by atoms with Gasteiger partial charge in [-0.2, -0.15) is 0 Å². The third-order valence-electron chi connectivity index (χ3n) is 4.56. The summed E-state index contributed by atoms with van der Waals surface area (Å²) < 4.78 is 0. The lowest BCUT2D eigenvalue weighted by molar-refractivity contribution is -0.0228.